The number of primary amides is 1. The monoisotopic (exact) mass is 260 g/mol. The van der Waals surface area contributed by atoms with Crippen LogP contribution in [0, 0.1) is 0 Å². The van der Waals surface area contributed by atoms with Crippen molar-refractivity contribution in [3.8, 4) is 0 Å². The number of nitrogens with one attached hydrogen (secondary N) is 1. The third-order valence-corrected chi connectivity index (χ3v) is 2.81. The summed E-state index contributed by atoms with van der Waals surface area (Å²) in [6, 6.07) is 9.44. The minimum atomic E-state index is -0.648. The number of rotatable bonds is 6. The Morgan fingerprint density at radius 2 is 1.95 bits per heavy atom. The third-order valence-electron chi connectivity index (χ3n) is 2.81. The van der Waals surface area contributed by atoms with Crippen LogP contribution in [0.1, 0.15) is 25.8 Å². The summed E-state index contributed by atoms with van der Waals surface area (Å²) in [7, 11) is 0. The van der Waals surface area contributed by atoms with Crippen LogP contribution in [0.25, 0.3) is 0 Å². The van der Waals surface area contributed by atoms with Crippen LogP contribution in [-0.2, 0) is 16.0 Å². The number of carbonyl (C=O) groups is 2. The predicted molar refractivity (Wildman–Crippen MR) is 75.3 cm³/mol. The highest BCUT2D eigenvalue weighted by Gasteiger charge is 2.10. The number of carbonyl (C=O) groups excluding carboxylic acids is 2. The average molecular weight is 260 g/mol. The lowest BCUT2D eigenvalue weighted by Crippen LogP contribution is -2.41. The van der Waals surface area contributed by atoms with Gasteiger partial charge in [0, 0.05) is 6.08 Å². The van der Waals surface area contributed by atoms with Crippen molar-refractivity contribution in [3.63, 3.8) is 0 Å². The number of nitrogens with two attached hydrogens (primary N) is 1. The highest BCUT2D eigenvalue weighted by Crippen LogP contribution is 2.08. The molecule has 0 radical (unpaired) electrons. The van der Waals surface area contributed by atoms with E-state index in [1.165, 1.54) is 11.6 Å². The maximum absolute atomic E-state index is 11.6. The molecule has 19 heavy (non-hydrogen) atoms. The third kappa shape index (κ3) is 5.86. The van der Waals surface area contributed by atoms with Gasteiger partial charge in [0.2, 0.25) is 11.8 Å². The summed E-state index contributed by atoms with van der Waals surface area (Å²) in [5, 5.41) is 2.52. The van der Waals surface area contributed by atoms with Crippen LogP contribution in [0.5, 0.6) is 0 Å². The Labute approximate surface area is 113 Å². The van der Waals surface area contributed by atoms with Crippen molar-refractivity contribution in [2.45, 2.75) is 32.7 Å². The Balaban J connectivity index is 2.44. The van der Waals surface area contributed by atoms with Crippen molar-refractivity contribution in [1.82, 2.24) is 5.32 Å². The van der Waals surface area contributed by atoms with Gasteiger partial charge in [-0.05, 0) is 32.3 Å². The van der Waals surface area contributed by atoms with Gasteiger partial charge >= 0.3 is 0 Å². The molecule has 102 valence electrons. The van der Waals surface area contributed by atoms with Crippen molar-refractivity contribution in [1.29, 1.82) is 0 Å². The minimum absolute atomic E-state index is 0.281. The summed E-state index contributed by atoms with van der Waals surface area (Å²) in [4.78, 5) is 22.4. The van der Waals surface area contributed by atoms with Crippen molar-refractivity contribution in [2.75, 3.05) is 0 Å². The maximum atomic E-state index is 11.6. The molecule has 3 N–H and O–H groups in total. The summed E-state index contributed by atoms with van der Waals surface area (Å²) < 4.78 is 0. The number of aryl methyl sites for hydroxylation is 1. The molecule has 0 unspecified atom stereocenters. The highest BCUT2D eigenvalue weighted by atomic mass is 16.2. The van der Waals surface area contributed by atoms with Crippen LogP contribution in [-0.4, -0.2) is 17.9 Å². The number of hydrogen-bond acceptors (Lipinski definition) is 2. The molecule has 0 spiro atoms. The maximum Gasteiger partial charge on any atom is 0.244 e. The van der Waals surface area contributed by atoms with Gasteiger partial charge in [-0.25, -0.2) is 0 Å². The van der Waals surface area contributed by atoms with Gasteiger partial charge < -0.3 is 11.1 Å². The first-order valence-corrected chi connectivity index (χ1v) is 6.30. The fourth-order valence-corrected chi connectivity index (χ4v) is 1.61. The SMILES string of the molecule is C/C(=C/C(=O)N[C@@H](C)C(N)=O)CCc1ccccc1. The fourth-order valence-electron chi connectivity index (χ4n) is 1.61. The molecule has 1 atom stereocenters. The zero-order valence-electron chi connectivity index (χ0n) is 11.3. The number of hydrogen-bond donors (Lipinski definition) is 2. The molecule has 0 saturated heterocycles. The molecule has 0 aliphatic rings. The molecule has 4 nitrogen and oxygen atoms in total. The summed E-state index contributed by atoms with van der Waals surface area (Å²) >= 11 is 0. The Morgan fingerprint density at radius 3 is 2.53 bits per heavy atom. The fraction of sp³-hybridized carbons (Fsp3) is 0.333. The molecule has 0 aromatic heterocycles. The van der Waals surface area contributed by atoms with Gasteiger partial charge in [-0.15, -0.1) is 0 Å². The summed E-state index contributed by atoms with van der Waals surface area (Å²) in [6.07, 6.45) is 3.21. The topological polar surface area (TPSA) is 72.2 Å². The van der Waals surface area contributed by atoms with Crippen LogP contribution in [0.15, 0.2) is 42.0 Å². The van der Waals surface area contributed by atoms with Gasteiger partial charge in [-0.3, -0.25) is 9.59 Å². The van der Waals surface area contributed by atoms with Gasteiger partial charge in [0.05, 0.1) is 0 Å². The van der Waals surface area contributed by atoms with E-state index in [1.807, 2.05) is 25.1 Å². The van der Waals surface area contributed by atoms with E-state index in [9.17, 15) is 9.59 Å². The first kappa shape index (κ1) is 15.0. The van der Waals surface area contributed by atoms with E-state index in [4.69, 9.17) is 5.73 Å². The zero-order chi connectivity index (χ0) is 14.3. The Hall–Kier alpha value is -2.10. The molecule has 0 fully saturated rings. The van der Waals surface area contributed by atoms with Crippen molar-refractivity contribution < 1.29 is 9.59 Å². The lowest BCUT2D eigenvalue weighted by Gasteiger charge is -2.08. The second-order valence-electron chi connectivity index (χ2n) is 4.61. The standard InChI is InChI=1S/C15H20N2O2/c1-11(8-9-13-6-4-3-5-7-13)10-14(18)17-12(2)15(16)19/h3-7,10,12H,8-9H2,1-2H3,(H2,16,19)(H,17,18)/b11-10-/t12-/m0/s1. The molecular weight excluding hydrogens is 240 g/mol. The van der Waals surface area contributed by atoms with E-state index in [2.05, 4.69) is 17.4 Å². The molecule has 2 amide bonds. The molecule has 1 aromatic carbocycles. The zero-order valence-corrected chi connectivity index (χ0v) is 11.3. The first-order chi connectivity index (χ1) is 8.99. The smallest absolute Gasteiger partial charge is 0.244 e. The molecule has 0 aliphatic heterocycles. The van der Waals surface area contributed by atoms with Crippen LogP contribution in [0.4, 0.5) is 0 Å². The lowest BCUT2D eigenvalue weighted by atomic mass is 10.1. The van der Waals surface area contributed by atoms with Gasteiger partial charge in [-0.1, -0.05) is 35.9 Å². The second-order valence-corrected chi connectivity index (χ2v) is 4.61. The van der Waals surface area contributed by atoms with E-state index >= 15 is 0 Å². The lowest BCUT2D eigenvalue weighted by molar-refractivity contribution is -0.124. The van der Waals surface area contributed by atoms with Crippen LogP contribution >= 0.6 is 0 Å². The molecule has 0 saturated carbocycles. The summed E-state index contributed by atoms with van der Waals surface area (Å²) in [6.45, 7) is 3.46. The Kier molecular flexibility index (Phi) is 5.79. The van der Waals surface area contributed by atoms with E-state index in [-0.39, 0.29) is 5.91 Å². The summed E-state index contributed by atoms with van der Waals surface area (Å²) in [5.74, 6) is -0.819. The first-order valence-electron chi connectivity index (χ1n) is 6.30. The van der Waals surface area contributed by atoms with E-state index in [0.717, 1.165) is 18.4 Å². The van der Waals surface area contributed by atoms with Crippen LogP contribution in [0.3, 0.4) is 0 Å². The van der Waals surface area contributed by atoms with Crippen molar-refractivity contribution in [3.05, 3.63) is 47.5 Å². The molecule has 0 bridgehead atoms. The quantitative estimate of drug-likeness (QED) is 0.762. The molecule has 4 heteroatoms. The van der Waals surface area contributed by atoms with Gasteiger partial charge in [0.25, 0.3) is 0 Å². The van der Waals surface area contributed by atoms with Gasteiger partial charge in [0.1, 0.15) is 6.04 Å². The molecule has 1 aromatic rings. The Bertz CT molecular complexity index is 466. The largest absolute Gasteiger partial charge is 0.368 e. The normalized spacial score (nSPS) is 12.8. The van der Waals surface area contributed by atoms with Gasteiger partial charge in [-0.2, -0.15) is 0 Å². The average Bonchev–Trinajstić information content (AvgIpc) is 2.37. The van der Waals surface area contributed by atoms with Gasteiger partial charge in [0.15, 0.2) is 0 Å². The second kappa shape index (κ2) is 7.36. The number of allylic oxidation sites excluding steroid dienone is 1. The van der Waals surface area contributed by atoms with E-state index in [0.29, 0.717) is 0 Å². The van der Waals surface area contributed by atoms with E-state index < -0.39 is 11.9 Å². The minimum Gasteiger partial charge on any atom is -0.368 e. The van der Waals surface area contributed by atoms with Crippen LogP contribution < -0.4 is 11.1 Å². The summed E-state index contributed by atoms with van der Waals surface area (Å²) in [5.41, 5.74) is 7.28. The molecule has 1 rings (SSSR count). The Morgan fingerprint density at radius 1 is 1.32 bits per heavy atom. The van der Waals surface area contributed by atoms with Crippen molar-refractivity contribution in [2.24, 2.45) is 5.73 Å². The number of benzene rings is 1. The molecule has 0 heterocycles. The van der Waals surface area contributed by atoms with Crippen molar-refractivity contribution >= 4 is 11.8 Å². The predicted octanol–water partition coefficient (Wildman–Crippen LogP) is 1.56. The molecule has 0 aliphatic carbocycles. The van der Waals surface area contributed by atoms with E-state index in [1.54, 1.807) is 6.92 Å². The highest BCUT2D eigenvalue weighted by molar-refractivity contribution is 5.92. The molecular formula is C15H20N2O2. The van der Waals surface area contributed by atoms with Crippen LogP contribution in [0.2, 0.25) is 0 Å². The number of amides is 2.